The van der Waals surface area contributed by atoms with Crippen molar-refractivity contribution in [2.75, 3.05) is 13.2 Å². The van der Waals surface area contributed by atoms with Crippen molar-refractivity contribution in [2.45, 2.75) is 210 Å². The van der Waals surface area contributed by atoms with Gasteiger partial charge in [0, 0.05) is 24.7 Å². The zero-order valence-corrected chi connectivity index (χ0v) is 37.9. The number of carbonyl (C=O) groups excluding carboxylic acids is 2. The Morgan fingerprint density at radius 2 is 1.37 bits per heavy atom. The van der Waals surface area contributed by atoms with Gasteiger partial charge >= 0.3 is 19.8 Å². The van der Waals surface area contributed by atoms with Crippen LogP contribution in [0.5, 0.6) is 0 Å². The van der Waals surface area contributed by atoms with Gasteiger partial charge in [0.1, 0.15) is 31.0 Å². The number of aliphatic hydroxyl groups excluding tert-OH is 8. The molecule has 1 fully saturated rings. The fourth-order valence-electron chi connectivity index (χ4n) is 7.67. The Hall–Kier alpha value is -2.05. The first kappa shape index (κ1) is 56.1. The van der Waals surface area contributed by atoms with E-state index in [0.29, 0.717) is 19.3 Å². The van der Waals surface area contributed by atoms with Crippen LogP contribution in [0.25, 0.3) is 0 Å². The van der Waals surface area contributed by atoms with Crippen molar-refractivity contribution in [3.8, 4) is 0 Å². The lowest BCUT2D eigenvalue weighted by atomic mass is 9.83. The molecule has 0 aromatic carbocycles. The fourth-order valence-corrected chi connectivity index (χ4v) is 8.64. The third-order valence-corrected chi connectivity index (χ3v) is 12.5. The Morgan fingerprint density at radius 3 is 2.03 bits per heavy atom. The monoisotopic (exact) mass is 907 g/mol. The second kappa shape index (κ2) is 31.8. The predicted molar refractivity (Wildman–Crippen MR) is 232 cm³/mol. The van der Waals surface area contributed by atoms with Crippen molar-refractivity contribution in [2.24, 2.45) is 11.8 Å². The topological polar surface area (TPSA) is 270 Å². The number of hydrogen-bond donors (Lipinski definition) is 9. The summed E-state index contributed by atoms with van der Waals surface area (Å²) in [5.41, 5.74) is 0. The van der Waals surface area contributed by atoms with Gasteiger partial charge in [0.05, 0.1) is 43.5 Å². The molecule has 0 amide bonds. The van der Waals surface area contributed by atoms with Crippen LogP contribution in [0.4, 0.5) is 0 Å². The van der Waals surface area contributed by atoms with E-state index in [2.05, 4.69) is 19.1 Å². The maximum Gasteiger partial charge on any atom is 0.472 e. The fraction of sp³-hybridized carbons (Fsp3) is 0.822. The van der Waals surface area contributed by atoms with E-state index in [0.717, 1.165) is 51.4 Å². The van der Waals surface area contributed by atoms with Crippen molar-refractivity contribution in [1.82, 2.24) is 0 Å². The van der Waals surface area contributed by atoms with E-state index >= 15 is 0 Å². The molecule has 360 valence electrons. The summed E-state index contributed by atoms with van der Waals surface area (Å²) in [6.07, 6.45) is 6.24. The van der Waals surface area contributed by atoms with Crippen LogP contribution < -0.4 is 0 Å². The molecule has 0 aromatic heterocycles. The summed E-state index contributed by atoms with van der Waals surface area (Å²) >= 11 is 0. The second-order valence-electron chi connectivity index (χ2n) is 16.9. The van der Waals surface area contributed by atoms with Crippen LogP contribution in [-0.4, -0.2) is 132 Å². The first-order valence-electron chi connectivity index (χ1n) is 23.0. The zero-order chi connectivity index (χ0) is 45.9. The highest BCUT2D eigenvalue weighted by Gasteiger charge is 2.49. The first-order valence-corrected chi connectivity index (χ1v) is 24.5. The molecule has 9 N–H and O–H groups in total. The van der Waals surface area contributed by atoms with Crippen LogP contribution in [-0.2, 0) is 32.7 Å². The average Bonchev–Trinajstić information content (AvgIpc) is 3.23. The SMILES string of the molecule is CCCCCCCC/C=C\CCCCCCCC(=O)O[C@@H]1COC(=O)C/C=C\C[C@H]2[C@@H](O)[C@H](O)[C@@H](O)[C@H](OP(=O)(O)OC1)[C@H](O)[C@H](O)[C@@H](/C=C/[C@H](O)CCCCC)[C@H](O)C[C@@H]2O. The lowest BCUT2D eigenvalue weighted by Crippen LogP contribution is -2.55. The number of fused-ring (bicyclic) bond motifs is 4. The number of unbranched alkanes of at least 4 members (excludes halogenated alkanes) is 13. The van der Waals surface area contributed by atoms with Crippen molar-refractivity contribution in [3.63, 3.8) is 0 Å². The summed E-state index contributed by atoms with van der Waals surface area (Å²) in [6, 6.07) is 0. The van der Waals surface area contributed by atoms with E-state index in [4.69, 9.17) is 18.5 Å². The number of aliphatic hydroxyl groups is 8. The largest absolute Gasteiger partial charge is 0.472 e. The Morgan fingerprint density at radius 1 is 0.774 bits per heavy atom. The van der Waals surface area contributed by atoms with Gasteiger partial charge < -0.3 is 55.2 Å². The number of esters is 2. The summed E-state index contributed by atoms with van der Waals surface area (Å²) in [4.78, 5) is 36.3. The standard InChI is InChI=1S/C45H79O16P/c1-3-5-7-8-9-10-11-12-13-14-15-16-17-18-20-26-39(50)60-33-30-58-38(49)25-22-21-24-34-36(47)29-37(48)35(28-27-32(46)23-19-6-4-2)41(52)43(54)45(44(55)42(53)40(34)51)61-62(56,57)59-31-33/h12-13,21-22,27-28,32-37,40-48,51-55H,3-11,14-20,23-26,29-31H2,1-2H3,(H,56,57)/b13-12-,22-21-,28-27+/t32-,33-,34-,35+,36+,37-,40-,41-,42+,43-,44-,45-/m1/s1. The van der Waals surface area contributed by atoms with Crippen molar-refractivity contribution >= 4 is 19.8 Å². The predicted octanol–water partition coefficient (Wildman–Crippen LogP) is 4.99. The number of cyclic esters (lactones) is 1. The van der Waals surface area contributed by atoms with Gasteiger partial charge in [-0.05, 0) is 44.9 Å². The van der Waals surface area contributed by atoms with Gasteiger partial charge in [-0.1, -0.05) is 121 Å². The van der Waals surface area contributed by atoms with Gasteiger partial charge in [-0.15, -0.1) is 0 Å². The van der Waals surface area contributed by atoms with E-state index in [9.17, 15) is 59.9 Å². The van der Waals surface area contributed by atoms with E-state index in [1.165, 1.54) is 62.8 Å². The van der Waals surface area contributed by atoms with E-state index in [1.807, 2.05) is 6.92 Å². The van der Waals surface area contributed by atoms with Crippen LogP contribution in [0.1, 0.15) is 149 Å². The zero-order valence-electron chi connectivity index (χ0n) is 37.0. The van der Waals surface area contributed by atoms with Crippen LogP contribution in [0.15, 0.2) is 36.5 Å². The van der Waals surface area contributed by atoms with Gasteiger partial charge in [0.25, 0.3) is 0 Å². The molecule has 0 saturated heterocycles. The van der Waals surface area contributed by atoms with Crippen molar-refractivity contribution in [3.05, 3.63) is 36.5 Å². The molecular formula is C45H79O16P. The molecule has 13 atom stereocenters. The van der Waals surface area contributed by atoms with E-state index in [-0.39, 0.29) is 19.3 Å². The molecule has 62 heavy (non-hydrogen) atoms. The average molecular weight is 907 g/mol. The minimum absolute atomic E-state index is 0.0153. The van der Waals surface area contributed by atoms with Gasteiger partial charge in [-0.3, -0.25) is 18.6 Å². The molecule has 1 unspecified atom stereocenters. The number of phosphoric acid groups is 1. The summed E-state index contributed by atoms with van der Waals surface area (Å²) < 4.78 is 34.4. The summed E-state index contributed by atoms with van der Waals surface area (Å²) in [5.74, 6) is -4.28. The minimum Gasteiger partial charge on any atom is -0.461 e. The van der Waals surface area contributed by atoms with E-state index in [1.54, 1.807) is 0 Å². The Kier molecular flexibility index (Phi) is 28.7. The summed E-state index contributed by atoms with van der Waals surface area (Å²) in [7, 11) is -5.43. The Bertz CT molecular complexity index is 1360. The van der Waals surface area contributed by atoms with Gasteiger partial charge in [0.15, 0.2) is 6.10 Å². The van der Waals surface area contributed by atoms with Crippen LogP contribution >= 0.6 is 7.82 Å². The highest BCUT2D eigenvalue weighted by atomic mass is 31.2. The van der Waals surface area contributed by atoms with E-state index < -0.39 is 112 Å². The van der Waals surface area contributed by atoms with Crippen LogP contribution in [0.3, 0.4) is 0 Å². The minimum atomic E-state index is -5.43. The molecule has 2 bridgehead atoms. The number of carbonyl (C=O) groups is 2. The molecule has 2 rings (SSSR count). The molecule has 1 saturated carbocycles. The third kappa shape index (κ3) is 22.2. The van der Waals surface area contributed by atoms with Crippen molar-refractivity contribution in [1.29, 1.82) is 0 Å². The second-order valence-corrected chi connectivity index (χ2v) is 18.3. The number of rotatable bonds is 22. The quantitative estimate of drug-likeness (QED) is 0.0300. The van der Waals surface area contributed by atoms with Gasteiger partial charge in [-0.25, -0.2) is 4.57 Å². The van der Waals surface area contributed by atoms with Gasteiger partial charge in [0.2, 0.25) is 0 Å². The Labute approximate surface area is 368 Å². The highest BCUT2D eigenvalue weighted by molar-refractivity contribution is 7.47. The van der Waals surface area contributed by atoms with Crippen molar-refractivity contribution < 1.29 is 78.4 Å². The highest BCUT2D eigenvalue weighted by Crippen LogP contribution is 2.47. The number of ether oxygens (including phenoxy) is 2. The molecule has 0 radical (unpaired) electrons. The molecule has 1 aliphatic heterocycles. The molecule has 1 heterocycles. The lowest BCUT2D eigenvalue weighted by Gasteiger charge is -2.37. The summed E-state index contributed by atoms with van der Waals surface area (Å²) in [5, 5.41) is 89.6. The molecular weight excluding hydrogens is 827 g/mol. The molecule has 1 aliphatic carbocycles. The third-order valence-electron chi connectivity index (χ3n) is 11.5. The molecule has 16 nitrogen and oxygen atoms in total. The first-order chi connectivity index (χ1) is 29.6. The normalized spacial score (nSPS) is 33.3. The number of allylic oxidation sites excluding steroid dienone is 3. The maximum atomic E-state index is 13.4. The van der Waals surface area contributed by atoms with Crippen LogP contribution in [0, 0.1) is 11.8 Å². The maximum absolute atomic E-state index is 13.4. The summed E-state index contributed by atoms with van der Waals surface area (Å²) in [6.45, 7) is 2.76. The molecule has 17 heteroatoms. The molecule has 0 aromatic rings. The lowest BCUT2D eigenvalue weighted by molar-refractivity contribution is -0.167. The molecule has 0 spiro atoms. The Balaban J connectivity index is 2.17. The van der Waals surface area contributed by atoms with Crippen LogP contribution in [0.2, 0.25) is 0 Å². The smallest absolute Gasteiger partial charge is 0.461 e. The van der Waals surface area contributed by atoms with Gasteiger partial charge in [-0.2, -0.15) is 0 Å². The number of phosphoric ester groups is 1. The molecule has 2 aliphatic rings. The number of hydrogen-bond acceptors (Lipinski definition) is 15.